The second kappa shape index (κ2) is 4.88. The number of nitrogens with two attached hydrogens (primary N) is 1. The van der Waals surface area contributed by atoms with Crippen LogP contribution in [0.3, 0.4) is 0 Å². The van der Waals surface area contributed by atoms with Gasteiger partial charge in [-0.05, 0) is 36.5 Å². The molecule has 1 saturated carbocycles. The number of hydrogen-bond donors (Lipinski definition) is 1. The third kappa shape index (κ3) is 2.66. The fourth-order valence-corrected chi connectivity index (χ4v) is 2.56. The third-order valence-corrected chi connectivity index (χ3v) is 3.59. The van der Waals surface area contributed by atoms with E-state index < -0.39 is 17.6 Å². The molecule has 1 aromatic rings. The minimum atomic E-state index is -4.65. The predicted molar refractivity (Wildman–Crippen MR) is 60.3 cm³/mol. The van der Waals surface area contributed by atoms with Gasteiger partial charge in [0.05, 0.1) is 5.56 Å². The summed E-state index contributed by atoms with van der Waals surface area (Å²) in [6.07, 6.45) is -0.559. The highest BCUT2D eigenvalue weighted by Crippen LogP contribution is 2.36. The molecule has 2 N–H and O–H groups in total. The van der Waals surface area contributed by atoms with Crippen LogP contribution in [0.2, 0.25) is 0 Å². The zero-order chi connectivity index (χ0) is 13.3. The monoisotopic (exact) mass is 261 g/mol. The molecule has 1 aliphatic rings. The fraction of sp³-hybridized carbons (Fsp3) is 0.538. The molecule has 0 aromatic heterocycles. The summed E-state index contributed by atoms with van der Waals surface area (Å²) in [7, 11) is 0. The van der Waals surface area contributed by atoms with Crippen LogP contribution in [0.25, 0.3) is 0 Å². The van der Waals surface area contributed by atoms with Gasteiger partial charge in [-0.15, -0.1) is 0 Å². The molecule has 0 radical (unpaired) electrons. The van der Waals surface area contributed by atoms with E-state index >= 15 is 0 Å². The van der Waals surface area contributed by atoms with E-state index in [9.17, 15) is 17.6 Å². The Bertz CT molecular complexity index is 421. The summed E-state index contributed by atoms with van der Waals surface area (Å²) in [5.74, 6) is -0.991. The van der Waals surface area contributed by atoms with Crippen molar-refractivity contribution >= 4 is 0 Å². The van der Waals surface area contributed by atoms with Crippen molar-refractivity contribution in [3.63, 3.8) is 0 Å². The Kier molecular flexibility index (Phi) is 3.61. The first-order chi connectivity index (χ1) is 8.39. The van der Waals surface area contributed by atoms with Gasteiger partial charge >= 0.3 is 6.18 Å². The topological polar surface area (TPSA) is 26.0 Å². The van der Waals surface area contributed by atoms with Crippen molar-refractivity contribution in [1.82, 2.24) is 0 Å². The highest BCUT2D eigenvalue weighted by molar-refractivity contribution is 5.28. The summed E-state index contributed by atoms with van der Waals surface area (Å²) >= 11 is 0. The van der Waals surface area contributed by atoms with E-state index in [0.717, 1.165) is 37.8 Å². The van der Waals surface area contributed by atoms with Crippen molar-refractivity contribution in [3.05, 3.63) is 35.1 Å². The Balaban J connectivity index is 2.23. The van der Waals surface area contributed by atoms with Crippen LogP contribution < -0.4 is 5.73 Å². The molecule has 1 fully saturated rings. The van der Waals surface area contributed by atoms with Gasteiger partial charge in [-0.3, -0.25) is 0 Å². The van der Waals surface area contributed by atoms with Crippen molar-refractivity contribution in [1.29, 1.82) is 0 Å². The molecular weight excluding hydrogens is 246 g/mol. The zero-order valence-electron chi connectivity index (χ0n) is 9.80. The van der Waals surface area contributed by atoms with Gasteiger partial charge in [0.2, 0.25) is 0 Å². The Morgan fingerprint density at radius 1 is 1.17 bits per heavy atom. The fourth-order valence-electron chi connectivity index (χ4n) is 2.56. The normalized spacial score (nSPS) is 19.2. The molecule has 18 heavy (non-hydrogen) atoms. The molecule has 1 aliphatic carbocycles. The molecule has 0 heterocycles. The Morgan fingerprint density at radius 2 is 1.78 bits per heavy atom. The van der Waals surface area contributed by atoms with E-state index in [1.807, 2.05) is 0 Å². The average Bonchev–Trinajstić information content (AvgIpc) is 2.79. The minimum Gasteiger partial charge on any atom is -0.324 e. The molecule has 100 valence electrons. The molecule has 0 spiro atoms. The largest absolute Gasteiger partial charge is 0.419 e. The molecule has 2 rings (SSSR count). The minimum absolute atomic E-state index is 0.251. The van der Waals surface area contributed by atoms with Crippen molar-refractivity contribution < 1.29 is 17.6 Å². The van der Waals surface area contributed by atoms with Crippen LogP contribution in [-0.2, 0) is 6.18 Å². The molecule has 0 bridgehead atoms. The van der Waals surface area contributed by atoms with Crippen LogP contribution >= 0.6 is 0 Å². The van der Waals surface area contributed by atoms with Crippen LogP contribution in [0, 0.1) is 11.7 Å². The average molecular weight is 261 g/mol. The first kappa shape index (κ1) is 13.3. The molecule has 1 aromatic carbocycles. The smallest absolute Gasteiger partial charge is 0.324 e. The van der Waals surface area contributed by atoms with Gasteiger partial charge in [-0.2, -0.15) is 13.2 Å². The lowest BCUT2D eigenvalue weighted by atomic mass is 9.92. The number of halogens is 4. The van der Waals surface area contributed by atoms with Crippen LogP contribution in [0.4, 0.5) is 17.6 Å². The first-order valence-corrected chi connectivity index (χ1v) is 6.02. The summed E-state index contributed by atoms with van der Waals surface area (Å²) in [6.45, 7) is 0. The Morgan fingerprint density at radius 3 is 2.28 bits per heavy atom. The Labute approximate surface area is 103 Å². The van der Waals surface area contributed by atoms with Crippen molar-refractivity contribution in [3.8, 4) is 0 Å². The quantitative estimate of drug-likeness (QED) is 0.799. The van der Waals surface area contributed by atoms with Gasteiger partial charge in [-0.25, -0.2) is 4.39 Å². The number of rotatable bonds is 2. The van der Waals surface area contributed by atoms with Gasteiger partial charge in [0.1, 0.15) is 5.82 Å². The number of hydrogen-bond acceptors (Lipinski definition) is 1. The van der Waals surface area contributed by atoms with Gasteiger partial charge in [0.25, 0.3) is 0 Å². The summed E-state index contributed by atoms with van der Waals surface area (Å²) in [6, 6.07) is 2.62. The lowest BCUT2D eigenvalue weighted by Gasteiger charge is -2.20. The van der Waals surface area contributed by atoms with Crippen molar-refractivity contribution in [2.75, 3.05) is 0 Å². The highest BCUT2D eigenvalue weighted by atomic mass is 19.4. The molecular formula is C13H15F4N. The molecule has 1 atom stereocenters. The van der Waals surface area contributed by atoms with Crippen LogP contribution in [0.1, 0.15) is 42.9 Å². The predicted octanol–water partition coefficient (Wildman–Crippen LogP) is 4.03. The zero-order valence-corrected chi connectivity index (χ0v) is 9.80. The maximum atomic E-state index is 13.4. The summed E-state index contributed by atoms with van der Waals surface area (Å²) < 4.78 is 50.7. The van der Waals surface area contributed by atoms with E-state index in [2.05, 4.69) is 0 Å². The number of alkyl halides is 3. The first-order valence-electron chi connectivity index (χ1n) is 6.02. The standard InChI is InChI=1S/C13H15F4N/c14-11-7-9(5-6-10(11)13(15,16)17)12(18)8-3-1-2-4-8/h5-8,12H,1-4,18H2/t12-/m1/s1. The van der Waals surface area contributed by atoms with E-state index in [1.54, 1.807) is 0 Å². The van der Waals surface area contributed by atoms with Crippen molar-refractivity contribution in [2.45, 2.75) is 37.9 Å². The molecule has 0 unspecified atom stereocenters. The summed E-state index contributed by atoms with van der Waals surface area (Å²) in [5, 5.41) is 0. The number of benzene rings is 1. The lowest BCUT2D eigenvalue weighted by Crippen LogP contribution is -2.20. The Hall–Kier alpha value is -1.10. The van der Waals surface area contributed by atoms with Crippen LogP contribution in [0.15, 0.2) is 18.2 Å². The van der Waals surface area contributed by atoms with Gasteiger partial charge in [0, 0.05) is 6.04 Å². The van der Waals surface area contributed by atoms with E-state index in [1.165, 1.54) is 6.07 Å². The summed E-state index contributed by atoms with van der Waals surface area (Å²) in [4.78, 5) is 0. The molecule has 1 nitrogen and oxygen atoms in total. The molecule has 0 saturated heterocycles. The second-order valence-electron chi connectivity index (χ2n) is 4.81. The van der Waals surface area contributed by atoms with Crippen LogP contribution in [0.5, 0.6) is 0 Å². The van der Waals surface area contributed by atoms with E-state index in [-0.39, 0.29) is 12.0 Å². The van der Waals surface area contributed by atoms with Gasteiger partial charge in [-0.1, -0.05) is 18.9 Å². The lowest BCUT2D eigenvalue weighted by molar-refractivity contribution is -0.140. The van der Waals surface area contributed by atoms with Crippen molar-refractivity contribution in [2.24, 2.45) is 11.7 Å². The van der Waals surface area contributed by atoms with Gasteiger partial charge < -0.3 is 5.73 Å². The molecule has 0 amide bonds. The maximum absolute atomic E-state index is 13.4. The highest BCUT2D eigenvalue weighted by Gasteiger charge is 2.34. The maximum Gasteiger partial charge on any atom is 0.419 e. The third-order valence-electron chi connectivity index (χ3n) is 3.59. The van der Waals surface area contributed by atoms with Gasteiger partial charge in [0.15, 0.2) is 0 Å². The SMILES string of the molecule is N[C@@H](c1ccc(C(F)(F)F)c(F)c1)C1CCCC1. The van der Waals surface area contributed by atoms with Crippen LogP contribution in [-0.4, -0.2) is 0 Å². The molecule has 5 heteroatoms. The second-order valence-corrected chi connectivity index (χ2v) is 4.81. The van der Waals surface area contributed by atoms with E-state index in [0.29, 0.717) is 5.56 Å². The van der Waals surface area contributed by atoms with E-state index in [4.69, 9.17) is 5.73 Å². The molecule has 0 aliphatic heterocycles. The summed E-state index contributed by atoms with van der Waals surface area (Å²) in [5.41, 5.74) is 5.20.